The lowest BCUT2D eigenvalue weighted by atomic mass is 10.1. The van der Waals surface area contributed by atoms with Crippen molar-refractivity contribution in [1.29, 1.82) is 5.26 Å². The van der Waals surface area contributed by atoms with Gasteiger partial charge in [-0.25, -0.2) is 0 Å². The molecule has 5 heteroatoms. The Morgan fingerprint density at radius 1 is 1.35 bits per heavy atom. The highest BCUT2D eigenvalue weighted by molar-refractivity contribution is 5.93. The minimum absolute atomic E-state index is 0.236. The van der Waals surface area contributed by atoms with Crippen LogP contribution in [0.15, 0.2) is 0 Å². The van der Waals surface area contributed by atoms with Crippen molar-refractivity contribution in [2.75, 3.05) is 0 Å². The lowest BCUT2D eigenvalue weighted by Crippen LogP contribution is -2.52. The molecule has 0 spiro atoms. The summed E-state index contributed by atoms with van der Waals surface area (Å²) in [6.45, 7) is 7.23. The maximum absolute atomic E-state index is 11.7. The molecule has 0 aromatic rings. The number of hydrogen-bond donors (Lipinski definition) is 2. The van der Waals surface area contributed by atoms with Gasteiger partial charge in [-0.2, -0.15) is 5.26 Å². The minimum atomic E-state index is -0.879. The molecule has 2 amide bonds. The molecule has 5 nitrogen and oxygen atoms in total. The fraction of sp³-hybridized carbons (Fsp3) is 0.750. The number of hydrogen-bond acceptors (Lipinski definition) is 3. The largest absolute Gasteiger partial charge is 0.350 e. The highest BCUT2D eigenvalue weighted by Crippen LogP contribution is 2.45. The Labute approximate surface area is 102 Å². The third-order valence-corrected chi connectivity index (χ3v) is 2.64. The van der Waals surface area contributed by atoms with E-state index in [1.807, 2.05) is 26.8 Å². The molecule has 1 fully saturated rings. The van der Waals surface area contributed by atoms with E-state index in [4.69, 9.17) is 5.26 Å². The number of carbonyl (C=O) groups is 2. The Kier molecular flexibility index (Phi) is 3.46. The first-order valence-corrected chi connectivity index (χ1v) is 5.74. The Morgan fingerprint density at radius 3 is 2.24 bits per heavy atom. The van der Waals surface area contributed by atoms with E-state index in [1.54, 1.807) is 6.92 Å². The Balaban J connectivity index is 2.50. The molecule has 0 heterocycles. The number of amides is 2. The SMILES string of the molecule is CC(NC(=O)C1(C#N)CC1)C(=O)NC(C)(C)C. The maximum Gasteiger partial charge on any atom is 0.242 e. The molecular weight excluding hydrogens is 218 g/mol. The molecule has 94 valence electrons. The summed E-state index contributed by atoms with van der Waals surface area (Å²) in [5, 5.41) is 14.2. The average Bonchev–Trinajstić information content (AvgIpc) is 2.95. The van der Waals surface area contributed by atoms with Gasteiger partial charge in [-0.05, 0) is 40.5 Å². The number of nitriles is 1. The van der Waals surface area contributed by atoms with Gasteiger partial charge in [-0.3, -0.25) is 9.59 Å². The molecule has 1 saturated carbocycles. The van der Waals surface area contributed by atoms with E-state index < -0.39 is 11.5 Å². The highest BCUT2D eigenvalue weighted by Gasteiger charge is 2.51. The second-order valence-electron chi connectivity index (χ2n) is 5.63. The molecule has 0 aromatic carbocycles. The predicted molar refractivity (Wildman–Crippen MR) is 62.8 cm³/mol. The molecule has 1 atom stereocenters. The molecule has 17 heavy (non-hydrogen) atoms. The fourth-order valence-corrected chi connectivity index (χ4v) is 1.39. The van der Waals surface area contributed by atoms with Crippen molar-refractivity contribution < 1.29 is 9.59 Å². The number of rotatable bonds is 3. The molecule has 0 aromatic heterocycles. The summed E-state index contributed by atoms with van der Waals surface area (Å²) in [6, 6.07) is 1.38. The molecule has 1 unspecified atom stereocenters. The van der Waals surface area contributed by atoms with Crippen molar-refractivity contribution in [3.8, 4) is 6.07 Å². The first kappa shape index (κ1) is 13.5. The Hall–Kier alpha value is -1.57. The van der Waals surface area contributed by atoms with Crippen molar-refractivity contribution in [2.45, 2.75) is 52.1 Å². The lowest BCUT2D eigenvalue weighted by Gasteiger charge is -2.24. The van der Waals surface area contributed by atoms with Crippen molar-refractivity contribution >= 4 is 11.8 Å². The van der Waals surface area contributed by atoms with Crippen molar-refractivity contribution in [1.82, 2.24) is 10.6 Å². The third-order valence-electron chi connectivity index (χ3n) is 2.64. The summed E-state index contributed by atoms with van der Waals surface area (Å²) in [5.74, 6) is -0.573. The Bertz CT molecular complexity index is 372. The van der Waals surface area contributed by atoms with Crippen LogP contribution < -0.4 is 10.6 Å². The summed E-state index contributed by atoms with van der Waals surface area (Å²) in [6.07, 6.45) is 1.17. The van der Waals surface area contributed by atoms with Gasteiger partial charge >= 0.3 is 0 Å². The molecule has 0 saturated heterocycles. The molecule has 0 radical (unpaired) electrons. The van der Waals surface area contributed by atoms with Gasteiger partial charge in [0.15, 0.2) is 0 Å². The van der Waals surface area contributed by atoms with Crippen LogP contribution in [0.25, 0.3) is 0 Å². The third kappa shape index (κ3) is 3.45. The minimum Gasteiger partial charge on any atom is -0.350 e. The van der Waals surface area contributed by atoms with E-state index in [1.165, 1.54) is 0 Å². The monoisotopic (exact) mass is 237 g/mol. The number of nitrogens with one attached hydrogen (secondary N) is 2. The van der Waals surface area contributed by atoms with Crippen molar-refractivity contribution in [3.05, 3.63) is 0 Å². The van der Waals surface area contributed by atoms with Crippen LogP contribution in [0, 0.1) is 16.7 Å². The summed E-state index contributed by atoms with van der Waals surface area (Å²) < 4.78 is 0. The Morgan fingerprint density at radius 2 is 1.88 bits per heavy atom. The first-order valence-electron chi connectivity index (χ1n) is 5.74. The summed E-state index contributed by atoms with van der Waals surface area (Å²) in [5.41, 5.74) is -1.21. The summed E-state index contributed by atoms with van der Waals surface area (Å²) in [4.78, 5) is 23.4. The zero-order chi connectivity index (χ0) is 13.3. The van der Waals surface area contributed by atoms with Gasteiger partial charge in [-0.15, -0.1) is 0 Å². The summed E-state index contributed by atoms with van der Waals surface area (Å²) >= 11 is 0. The van der Waals surface area contributed by atoms with E-state index >= 15 is 0 Å². The van der Waals surface area contributed by atoms with E-state index in [-0.39, 0.29) is 17.4 Å². The molecule has 1 aliphatic rings. The molecule has 2 N–H and O–H groups in total. The van der Waals surface area contributed by atoms with Crippen LogP contribution in [0.4, 0.5) is 0 Å². The molecule has 1 rings (SSSR count). The zero-order valence-electron chi connectivity index (χ0n) is 10.8. The van der Waals surface area contributed by atoms with Crippen LogP contribution in [-0.2, 0) is 9.59 Å². The maximum atomic E-state index is 11.7. The second kappa shape index (κ2) is 4.36. The molecular formula is C12H19N3O2. The molecule has 1 aliphatic carbocycles. The average molecular weight is 237 g/mol. The quantitative estimate of drug-likeness (QED) is 0.758. The van der Waals surface area contributed by atoms with Crippen molar-refractivity contribution in [2.24, 2.45) is 5.41 Å². The summed E-state index contributed by atoms with van der Waals surface area (Å²) in [7, 11) is 0. The van der Waals surface area contributed by atoms with E-state index in [2.05, 4.69) is 10.6 Å². The van der Waals surface area contributed by atoms with Gasteiger partial charge < -0.3 is 10.6 Å². The molecule has 0 bridgehead atoms. The van der Waals surface area contributed by atoms with Crippen LogP contribution in [0.2, 0.25) is 0 Å². The van der Waals surface area contributed by atoms with Crippen LogP contribution in [0.3, 0.4) is 0 Å². The van der Waals surface area contributed by atoms with Gasteiger partial charge in [-0.1, -0.05) is 0 Å². The predicted octanol–water partition coefficient (Wildman–Crippen LogP) is 0.710. The normalized spacial score (nSPS) is 18.8. The van der Waals surface area contributed by atoms with Crippen LogP contribution in [0.1, 0.15) is 40.5 Å². The fourth-order valence-electron chi connectivity index (χ4n) is 1.39. The van der Waals surface area contributed by atoms with Gasteiger partial charge in [0, 0.05) is 5.54 Å². The number of carbonyl (C=O) groups excluding carboxylic acids is 2. The smallest absolute Gasteiger partial charge is 0.242 e. The standard InChI is InChI=1S/C12H19N3O2/c1-8(9(16)15-11(2,3)4)14-10(17)12(7-13)5-6-12/h8H,5-6H2,1-4H3,(H,14,17)(H,15,16). The topological polar surface area (TPSA) is 82.0 Å². The van der Waals surface area contributed by atoms with Gasteiger partial charge in [0.1, 0.15) is 11.5 Å². The van der Waals surface area contributed by atoms with E-state index in [9.17, 15) is 9.59 Å². The first-order chi connectivity index (χ1) is 7.70. The highest BCUT2D eigenvalue weighted by atomic mass is 16.2. The zero-order valence-corrected chi connectivity index (χ0v) is 10.8. The van der Waals surface area contributed by atoms with Gasteiger partial charge in [0.25, 0.3) is 0 Å². The van der Waals surface area contributed by atoms with Crippen LogP contribution in [-0.4, -0.2) is 23.4 Å². The van der Waals surface area contributed by atoms with Gasteiger partial charge in [0.2, 0.25) is 11.8 Å². The van der Waals surface area contributed by atoms with E-state index in [0.717, 1.165) is 0 Å². The second-order valence-corrected chi connectivity index (χ2v) is 5.63. The molecule has 0 aliphatic heterocycles. The van der Waals surface area contributed by atoms with Gasteiger partial charge in [0.05, 0.1) is 6.07 Å². The number of nitrogens with zero attached hydrogens (tertiary/aromatic N) is 1. The lowest BCUT2D eigenvalue weighted by molar-refractivity contribution is -0.131. The van der Waals surface area contributed by atoms with Crippen LogP contribution >= 0.6 is 0 Å². The van der Waals surface area contributed by atoms with Crippen molar-refractivity contribution in [3.63, 3.8) is 0 Å². The van der Waals surface area contributed by atoms with Crippen LogP contribution in [0.5, 0.6) is 0 Å². The van der Waals surface area contributed by atoms with E-state index in [0.29, 0.717) is 12.8 Å².